The zero-order chi connectivity index (χ0) is 17.4. The number of rotatable bonds is 6. The van der Waals surface area contributed by atoms with Crippen LogP contribution >= 0.6 is 0 Å². The number of carbonyl (C=O) groups is 1. The third-order valence-corrected chi connectivity index (χ3v) is 2.48. The molecule has 3 heteroatoms. The number of benzene rings is 1. The second kappa shape index (κ2) is 15.1. The fraction of sp³-hybridized carbons (Fsp3) is 0.316. The molecule has 0 aliphatic carbocycles. The van der Waals surface area contributed by atoms with Gasteiger partial charge in [-0.05, 0) is 36.8 Å². The van der Waals surface area contributed by atoms with E-state index < -0.39 is 0 Å². The summed E-state index contributed by atoms with van der Waals surface area (Å²) in [4.78, 5) is 11.9. The van der Waals surface area contributed by atoms with Crippen molar-refractivity contribution in [3.05, 3.63) is 67.4 Å². The SMILES string of the molecule is C=C.C=C/C(=C\CCC)NC(=O)c1ccc(OC)cc1.CC. The van der Waals surface area contributed by atoms with E-state index in [9.17, 15) is 4.79 Å². The predicted octanol–water partition coefficient (Wildman–Crippen LogP) is 5.12. The summed E-state index contributed by atoms with van der Waals surface area (Å²) in [5, 5.41) is 2.82. The van der Waals surface area contributed by atoms with Crippen molar-refractivity contribution in [1.29, 1.82) is 0 Å². The van der Waals surface area contributed by atoms with Crippen LogP contribution < -0.4 is 10.1 Å². The quantitative estimate of drug-likeness (QED) is 0.585. The third-order valence-electron chi connectivity index (χ3n) is 2.48. The largest absolute Gasteiger partial charge is 0.497 e. The van der Waals surface area contributed by atoms with Crippen LogP contribution in [-0.4, -0.2) is 13.0 Å². The van der Waals surface area contributed by atoms with Crippen molar-refractivity contribution in [1.82, 2.24) is 5.32 Å². The maximum atomic E-state index is 11.9. The summed E-state index contributed by atoms with van der Waals surface area (Å²) in [5.41, 5.74) is 1.35. The minimum Gasteiger partial charge on any atom is -0.497 e. The number of allylic oxidation sites excluding steroid dienone is 2. The standard InChI is InChI=1S/C15H19NO2.C2H6.C2H4/c1-4-6-7-13(5-2)16-15(17)12-8-10-14(18-3)11-9-12;2*1-2/h5,7-11H,2,4,6H2,1,3H3,(H,16,17);1-2H3;1-2H2/b13-7+;;. The molecule has 22 heavy (non-hydrogen) atoms. The molecule has 0 aliphatic rings. The van der Waals surface area contributed by atoms with Crippen molar-refractivity contribution in [3.8, 4) is 5.75 Å². The van der Waals surface area contributed by atoms with Crippen molar-refractivity contribution < 1.29 is 9.53 Å². The zero-order valence-electron chi connectivity index (χ0n) is 14.3. The first kappa shape index (κ1) is 22.0. The summed E-state index contributed by atoms with van der Waals surface area (Å²) in [6.45, 7) is 15.8. The topological polar surface area (TPSA) is 38.3 Å². The minimum atomic E-state index is -0.139. The fourth-order valence-corrected chi connectivity index (χ4v) is 1.43. The summed E-state index contributed by atoms with van der Waals surface area (Å²) >= 11 is 0. The lowest BCUT2D eigenvalue weighted by Crippen LogP contribution is -2.21. The Labute approximate surface area is 135 Å². The number of hydrogen-bond donors (Lipinski definition) is 1. The molecule has 1 aromatic carbocycles. The Bertz CT molecular complexity index is 447. The van der Waals surface area contributed by atoms with Gasteiger partial charge in [-0.25, -0.2) is 0 Å². The molecular weight excluding hydrogens is 274 g/mol. The molecule has 0 saturated carbocycles. The molecule has 1 amide bonds. The van der Waals surface area contributed by atoms with E-state index in [2.05, 4.69) is 32.0 Å². The summed E-state index contributed by atoms with van der Waals surface area (Å²) in [6.07, 6.45) is 5.57. The highest BCUT2D eigenvalue weighted by Crippen LogP contribution is 2.11. The van der Waals surface area contributed by atoms with E-state index >= 15 is 0 Å². The highest BCUT2D eigenvalue weighted by Gasteiger charge is 2.05. The van der Waals surface area contributed by atoms with Gasteiger partial charge >= 0.3 is 0 Å². The van der Waals surface area contributed by atoms with E-state index in [1.807, 2.05) is 19.9 Å². The van der Waals surface area contributed by atoms with Crippen molar-refractivity contribution in [2.45, 2.75) is 33.6 Å². The second-order valence-corrected chi connectivity index (χ2v) is 3.83. The van der Waals surface area contributed by atoms with Crippen LogP contribution in [0.3, 0.4) is 0 Å². The monoisotopic (exact) mass is 303 g/mol. The molecule has 1 aromatic rings. The summed E-state index contributed by atoms with van der Waals surface area (Å²) in [5.74, 6) is 0.594. The molecule has 0 aliphatic heterocycles. The Morgan fingerprint density at radius 1 is 1.23 bits per heavy atom. The van der Waals surface area contributed by atoms with Crippen LogP contribution in [0.1, 0.15) is 44.0 Å². The Morgan fingerprint density at radius 3 is 2.18 bits per heavy atom. The highest BCUT2D eigenvalue weighted by molar-refractivity contribution is 5.95. The number of methoxy groups -OCH3 is 1. The molecule has 0 unspecified atom stereocenters. The maximum absolute atomic E-state index is 11.9. The molecule has 0 bridgehead atoms. The summed E-state index contributed by atoms with van der Waals surface area (Å²) in [6, 6.07) is 6.99. The van der Waals surface area contributed by atoms with E-state index in [0.29, 0.717) is 5.56 Å². The third kappa shape index (κ3) is 8.80. The van der Waals surface area contributed by atoms with Gasteiger partial charge < -0.3 is 10.1 Å². The minimum absolute atomic E-state index is 0.139. The van der Waals surface area contributed by atoms with Gasteiger partial charge in [0.15, 0.2) is 0 Å². The van der Waals surface area contributed by atoms with Gasteiger partial charge in [0.2, 0.25) is 0 Å². The summed E-state index contributed by atoms with van der Waals surface area (Å²) in [7, 11) is 1.60. The number of unbranched alkanes of at least 4 members (excludes halogenated alkanes) is 1. The second-order valence-electron chi connectivity index (χ2n) is 3.83. The van der Waals surface area contributed by atoms with Crippen LogP contribution in [0.2, 0.25) is 0 Å². The molecule has 122 valence electrons. The maximum Gasteiger partial charge on any atom is 0.255 e. The normalized spacial score (nSPS) is 9.36. The van der Waals surface area contributed by atoms with Gasteiger partial charge in [0.05, 0.1) is 7.11 Å². The first-order chi connectivity index (χ1) is 10.7. The van der Waals surface area contributed by atoms with E-state index in [4.69, 9.17) is 4.74 Å². The van der Waals surface area contributed by atoms with Gasteiger partial charge in [0.25, 0.3) is 5.91 Å². The van der Waals surface area contributed by atoms with Gasteiger partial charge in [-0.15, -0.1) is 13.2 Å². The molecule has 0 saturated heterocycles. The number of ether oxygens (including phenoxy) is 1. The smallest absolute Gasteiger partial charge is 0.255 e. The molecule has 0 heterocycles. The van der Waals surface area contributed by atoms with Gasteiger partial charge in [-0.2, -0.15) is 0 Å². The lowest BCUT2D eigenvalue weighted by Gasteiger charge is -2.06. The van der Waals surface area contributed by atoms with Gasteiger partial charge in [0, 0.05) is 11.3 Å². The lowest BCUT2D eigenvalue weighted by atomic mass is 10.2. The Hall–Kier alpha value is -2.29. The van der Waals surface area contributed by atoms with Crippen LogP contribution in [-0.2, 0) is 0 Å². The summed E-state index contributed by atoms with van der Waals surface area (Å²) < 4.78 is 5.05. The van der Waals surface area contributed by atoms with Crippen molar-refractivity contribution in [3.63, 3.8) is 0 Å². The molecule has 0 atom stereocenters. The first-order valence-corrected chi connectivity index (χ1v) is 7.49. The average Bonchev–Trinajstić information content (AvgIpc) is 2.61. The van der Waals surface area contributed by atoms with E-state index in [1.165, 1.54) is 0 Å². The van der Waals surface area contributed by atoms with Crippen LogP contribution in [0.5, 0.6) is 5.75 Å². The fourth-order valence-electron chi connectivity index (χ4n) is 1.43. The molecule has 0 fully saturated rings. The molecule has 0 aromatic heterocycles. The zero-order valence-corrected chi connectivity index (χ0v) is 14.3. The number of amides is 1. The lowest BCUT2D eigenvalue weighted by molar-refractivity contribution is 0.0967. The van der Waals surface area contributed by atoms with Crippen molar-refractivity contribution in [2.24, 2.45) is 0 Å². The van der Waals surface area contributed by atoms with E-state index in [-0.39, 0.29) is 5.91 Å². The van der Waals surface area contributed by atoms with E-state index in [1.54, 1.807) is 37.5 Å². The van der Waals surface area contributed by atoms with E-state index in [0.717, 1.165) is 24.3 Å². The molecule has 1 N–H and O–H groups in total. The van der Waals surface area contributed by atoms with Gasteiger partial charge in [-0.1, -0.05) is 39.8 Å². The highest BCUT2D eigenvalue weighted by atomic mass is 16.5. The number of carbonyl (C=O) groups excluding carboxylic acids is 1. The molecule has 0 spiro atoms. The predicted molar refractivity (Wildman–Crippen MR) is 96.3 cm³/mol. The van der Waals surface area contributed by atoms with Crippen LogP contribution in [0, 0.1) is 0 Å². The molecule has 1 rings (SSSR count). The average molecular weight is 303 g/mol. The number of nitrogens with one attached hydrogen (secondary N) is 1. The first-order valence-electron chi connectivity index (χ1n) is 7.49. The van der Waals surface area contributed by atoms with Crippen LogP contribution in [0.15, 0.2) is 61.9 Å². The molecular formula is C19H29NO2. The van der Waals surface area contributed by atoms with Crippen LogP contribution in [0.25, 0.3) is 0 Å². The van der Waals surface area contributed by atoms with Crippen LogP contribution in [0.4, 0.5) is 0 Å². The van der Waals surface area contributed by atoms with Gasteiger partial charge in [-0.3, -0.25) is 4.79 Å². The van der Waals surface area contributed by atoms with Gasteiger partial charge in [0.1, 0.15) is 5.75 Å². The molecule has 0 radical (unpaired) electrons. The number of hydrogen-bond acceptors (Lipinski definition) is 2. The molecule has 3 nitrogen and oxygen atoms in total. The van der Waals surface area contributed by atoms with Crippen molar-refractivity contribution >= 4 is 5.91 Å². The Balaban J connectivity index is 0. The Morgan fingerprint density at radius 2 is 1.77 bits per heavy atom. The Kier molecular flexibility index (Phi) is 15.1. The van der Waals surface area contributed by atoms with Crippen molar-refractivity contribution in [2.75, 3.05) is 7.11 Å².